The number of ether oxygens (including phenoxy) is 1. The molecule has 1 aliphatic rings. The van der Waals surface area contributed by atoms with E-state index in [4.69, 9.17) is 4.74 Å². The van der Waals surface area contributed by atoms with E-state index in [1.54, 1.807) is 23.5 Å². The van der Waals surface area contributed by atoms with Gasteiger partial charge in [0, 0.05) is 43.5 Å². The second kappa shape index (κ2) is 9.13. The van der Waals surface area contributed by atoms with Crippen LogP contribution in [0.25, 0.3) is 11.3 Å². The molecule has 2 heterocycles. The first-order chi connectivity index (χ1) is 15.4. The fourth-order valence-electron chi connectivity index (χ4n) is 3.87. The van der Waals surface area contributed by atoms with Crippen LogP contribution in [0.2, 0.25) is 0 Å². The van der Waals surface area contributed by atoms with Gasteiger partial charge in [0.25, 0.3) is 5.56 Å². The van der Waals surface area contributed by atoms with Crippen molar-refractivity contribution in [2.24, 2.45) is 0 Å². The van der Waals surface area contributed by atoms with Crippen LogP contribution in [-0.4, -0.2) is 56.2 Å². The maximum absolute atomic E-state index is 13.5. The first-order valence-electron chi connectivity index (χ1n) is 10.5. The lowest BCUT2D eigenvalue weighted by Gasteiger charge is -2.35. The third kappa shape index (κ3) is 4.39. The van der Waals surface area contributed by atoms with Gasteiger partial charge in [-0.25, -0.2) is 13.5 Å². The van der Waals surface area contributed by atoms with Crippen molar-refractivity contribution in [1.29, 1.82) is 0 Å². The predicted octanol–water partition coefficient (Wildman–Crippen LogP) is 2.52. The Labute approximate surface area is 187 Å². The largest absolute Gasteiger partial charge is 0.497 e. The third-order valence-electron chi connectivity index (χ3n) is 5.72. The highest BCUT2D eigenvalue weighted by Crippen LogP contribution is 2.28. The van der Waals surface area contributed by atoms with E-state index in [1.807, 2.05) is 43.3 Å². The van der Waals surface area contributed by atoms with Crippen LogP contribution in [0.5, 0.6) is 5.75 Å². The summed E-state index contributed by atoms with van der Waals surface area (Å²) in [5.74, 6) is 0.791. The van der Waals surface area contributed by atoms with E-state index < -0.39 is 10.0 Å². The number of rotatable bonds is 6. The number of benzene rings is 2. The van der Waals surface area contributed by atoms with Gasteiger partial charge in [0.2, 0.25) is 10.0 Å². The van der Waals surface area contributed by atoms with Crippen molar-refractivity contribution in [3.05, 3.63) is 70.5 Å². The molecule has 1 N–H and O–H groups in total. The van der Waals surface area contributed by atoms with E-state index in [-0.39, 0.29) is 5.56 Å². The zero-order valence-corrected chi connectivity index (χ0v) is 18.9. The first-order valence-corrected chi connectivity index (χ1v) is 11.9. The molecule has 0 aliphatic carbocycles. The van der Waals surface area contributed by atoms with Crippen LogP contribution >= 0.6 is 0 Å². The van der Waals surface area contributed by atoms with Crippen LogP contribution in [0.15, 0.2) is 64.3 Å². The molecule has 0 radical (unpaired) electrons. The summed E-state index contributed by atoms with van der Waals surface area (Å²) in [5, 5.41) is 6.43. The molecular weight excluding hydrogens is 428 g/mol. The molecule has 0 atom stereocenters. The Kier molecular flexibility index (Phi) is 6.29. The Morgan fingerprint density at radius 2 is 1.72 bits per heavy atom. The number of hydrogen-bond acceptors (Lipinski definition) is 6. The SMILES string of the molecule is CCc1ccc(-c2ccc(=O)[nH]n2)cc1S(=O)(=O)N1CCN(c2ccc(OC)cc2)CC1. The molecule has 1 aliphatic heterocycles. The van der Waals surface area contributed by atoms with Crippen molar-refractivity contribution in [2.45, 2.75) is 18.2 Å². The zero-order chi connectivity index (χ0) is 22.7. The van der Waals surface area contributed by atoms with Crippen molar-refractivity contribution in [2.75, 3.05) is 38.2 Å². The lowest BCUT2D eigenvalue weighted by atomic mass is 10.1. The van der Waals surface area contributed by atoms with E-state index in [1.165, 1.54) is 6.07 Å². The lowest BCUT2D eigenvalue weighted by molar-refractivity contribution is 0.384. The fraction of sp³-hybridized carbons (Fsp3) is 0.304. The van der Waals surface area contributed by atoms with Gasteiger partial charge in [-0.05, 0) is 48.4 Å². The normalized spacial score (nSPS) is 15.0. The number of nitrogens with zero attached hydrogens (tertiary/aromatic N) is 3. The van der Waals surface area contributed by atoms with Gasteiger partial charge in [0.1, 0.15) is 5.75 Å². The molecule has 168 valence electrons. The molecule has 0 saturated carbocycles. The molecule has 0 spiro atoms. The van der Waals surface area contributed by atoms with Crippen molar-refractivity contribution in [1.82, 2.24) is 14.5 Å². The van der Waals surface area contributed by atoms with E-state index >= 15 is 0 Å². The second-order valence-corrected chi connectivity index (χ2v) is 9.48. The monoisotopic (exact) mass is 454 g/mol. The number of sulfonamides is 1. The van der Waals surface area contributed by atoms with Gasteiger partial charge in [-0.1, -0.05) is 19.1 Å². The van der Waals surface area contributed by atoms with Crippen LogP contribution in [0.1, 0.15) is 12.5 Å². The van der Waals surface area contributed by atoms with Crippen LogP contribution < -0.4 is 15.2 Å². The van der Waals surface area contributed by atoms with Gasteiger partial charge in [-0.3, -0.25) is 4.79 Å². The highest BCUT2D eigenvalue weighted by molar-refractivity contribution is 7.89. The number of piperazine rings is 1. The molecule has 0 unspecified atom stereocenters. The summed E-state index contributed by atoms with van der Waals surface area (Å²) in [6.45, 7) is 3.95. The minimum absolute atomic E-state index is 0.295. The summed E-state index contributed by atoms with van der Waals surface area (Å²) in [7, 11) is -2.04. The Bertz CT molecular complexity index is 1230. The van der Waals surface area contributed by atoms with Gasteiger partial charge in [-0.2, -0.15) is 9.40 Å². The summed E-state index contributed by atoms with van der Waals surface area (Å²) in [5.41, 5.74) is 2.67. The minimum atomic E-state index is -3.67. The predicted molar refractivity (Wildman–Crippen MR) is 124 cm³/mol. The van der Waals surface area contributed by atoms with Crippen LogP contribution in [0.3, 0.4) is 0 Å². The van der Waals surface area contributed by atoms with Crippen molar-refractivity contribution >= 4 is 15.7 Å². The number of anilines is 1. The minimum Gasteiger partial charge on any atom is -0.497 e. The quantitative estimate of drug-likeness (QED) is 0.615. The van der Waals surface area contributed by atoms with Crippen molar-refractivity contribution in [3.8, 4) is 17.0 Å². The average Bonchev–Trinajstić information content (AvgIpc) is 2.84. The molecule has 1 fully saturated rings. The second-order valence-electron chi connectivity index (χ2n) is 7.57. The Morgan fingerprint density at radius 1 is 1.00 bits per heavy atom. The number of H-pyrrole nitrogens is 1. The average molecular weight is 455 g/mol. The molecule has 32 heavy (non-hydrogen) atoms. The number of aromatic nitrogens is 2. The maximum Gasteiger partial charge on any atom is 0.264 e. The summed E-state index contributed by atoms with van der Waals surface area (Å²) in [6.07, 6.45) is 0.597. The molecular formula is C23H26N4O4S. The number of nitrogens with one attached hydrogen (secondary N) is 1. The van der Waals surface area contributed by atoms with E-state index in [2.05, 4.69) is 15.1 Å². The Balaban J connectivity index is 1.57. The van der Waals surface area contributed by atoms with Gasteiger partial charge in [0.15, 0.2) is 0 Å². The fourth-order valence-corrected chi connectivity index (χ4v) is 5.61. The molecule has 1 aromatic heterocycles. The summed E-state index contributed by atoms with van der Waals surface area (Å²) >= 11 is 0. The molecule has 2 aromatic carbocycles. The Hall–Kier alpha value is -3.17. The van der Waals surface area contributed by atoms with E-state index in [0.29, 0.717) is 48.8 Å². The molecule has 1 saturated heterocycles. The number of aromatic amines is 1. The number of aryl methyl sites for hydroxylation is 1. The molecule has 9 heteroatoms. The summed E-state index contributed by atoms with van der Waals surface area (Å²) < 4.78 is 33.8. The van der Waals surface area contributed by atoms with Gasteiger partial charge in [-0.15, -0.1) is 0 Å². The lowest BCUT2D eigenvalue weighted by Crippen LogP contribution is -2.48. The van der Waals surface area contributed by atoms with E-state index in [0.717, 1.165) is 17.0 Å². The maximum atomic E-state index is 13.5. The Morgan fingerprint density at radius 3 is 2.31 bits per heavy atom. The van der Waals surface area contributed by atoms with Gasteiger partial charge < -0.3 is 9.64 Å². The molecule has 0 amide bonds. The molecule has 4 rings (SSSR count). The first kappa shape index (κ1) is 22.0. The third-order valence-corrected chi connectivity index (χ3v) is 7.70. The van der Waals surface area contributed by atoms with Gasteiger partial charge in [0.05, 0.1) is 17.7 Å². The van der Waals surface area contributed by atoms with Crippen molar-refractivity contribution in [3.63, 3.8) is 0 Å². The number of methoxy groups -OCH3 is 1. The topological polar surface area (TPSA) is 95.6 Å². The van der Waals surface area contributed by atoms with E-state index in [9.17, 15) is 13.2 Å². The highest BCUT2D eigenvalue weighted by atomic mass is 32.2. The standard InChI is InChI=1S/C23H26N4O4S/c1-3-17-4-5-18(21-10-11-23(28)25-24-21)16-22(17)32(29,30)27-14-12-26(13-15-27)19-6-8-20(31-2)9-7-19/h4-11,16H,3,12-15H2,1-2H3,(H,25,28). The molecule has 3 aromatic rings. The zero-order valence-electron chi connectivity index (χ0n) is 18.1. The summed E-state index contributed by atoms with van der Waals surface area (Å²) in [6, 6.07) is 16.1. The summed E-state index contributed by atoms with van der Waals surface area (Å²) in [4.78, 5) is 13.8. The highest BCUT2D eigenvalue weighted by Gasteiger charge is 2.30. The molecule has 0 bridgehead atoms. The smallest absolute Gasteiger partial charge is 0.264 e. The number of hydrogen-bond donors (Lipinski definition) is 1. The van der Waals surface area contributed by atoms with Crippen molar-refractivity contribution < 1.29 is 13.2 Å². The van der Waals surface area contributed by atoms with Crippen LogP contribution in [-0.2, 0) is 16.4 Å². The van der Waals surface area contributed by atoms with Crippen LogP contribution in [0, 0.1) is 0 Å². The van der Waals surface area contributed by atoms with Crippen LogP contribution in [0.4, 0.5) is 5.69 Å². The molecule has 8 nitrogen and oxygen atoms in total. The van der Waals surface area contributed by atoms with Gasteiger partial charge >= 0.3 is 0 Å².